The molecule has 0 radical (unpaired) electrons. The van der Waals surface area contributed by atoms with Crippen LogP contribution >= 0.6 is 11.6 Å². The lowest BCUT2D eigenvalue weighted by Crippen LogP contribution is -2.31. The molecular formula is C11H18ClN3O. The maximum Gasteiger partial charge on any atom is 0.218 e. The first-order valence-corrected chi connectivity index (χ1v) is 5.90. The molecule has 1 aromatic heterocycles. The van der Waals surface area contributed by atoms with E-state index in [2.05, 4.69) is 29.1 Å². The van der Waals surface area contributed by atoms with Gasteiger partial charge in [0.1, 0.15) is 12.1 Å². The third-order valence-corrected chi connectivity index (χ3v) is 2.31. The molecule has 5 heteroatoms. The van der Waals surface area contributed by atoms with E-state index >= 15 is 0 Å². The second kappa shape index (κ2) is 5.89. The summed E-state index contributed by atoms with van der Waals surface area (Å²) in [6.45, 7) is 6.68. The molecule has 0 aromatic carbocycles. The van der Waals surface area contributed by atoms with Gasteiger partial charge in [0.05, 0.1) is 6.61 Å². The molecule has 0 spiro atoms. The first-order chi connectivity index (χ1) is 7.57. The number of aromatic nitrogens is 2. The van der Waals surface area contributed by atoms with Crippen LogP contribution in [0.4, 0.5) is 5.82 Å². The van der Waals surface area contributed by atoms with Gasteiger partial charge in [-0.1, -0.05) is 0 Å². The van der Waals surface area contributed by atoms with Crippen LogP contribution in [-0.4, -0.2) is 28.0 Å². The number of anilines is 1. The summed E-state index contributed by atoms with van der Waals surface area (Å²) >= 11 is 5.74. The Morgan fingerprint density at radius 3 is 2.81 bits per heavy atom. The Bertz CT molecular complexity index is 331. The van der Waals surface area contributed by atoms with Crippen LogP contribution in [0.25, 0.3) is 0 Å². The van der Waals surface area contributed by atoms with Crippen LogP contribution in [0.5, 0.6) is 5.88 Å². The third kappa shape index (κ3) is 4.23. The van der Waals surface area contributed by atoms with Crippen LogP contribution in [0.2, 0.25) is 0 Å². The minimum atomic E-state index is -0.0837. The average Bonchev–Trinajstić information content (AvgIpc) is 2.17. The van der Waals surface area contributed by atoms with Gasteiger partial charge < -0.3 is 10.1 Å². The quantitative estimate of drug-likeness (QED) is 0.781. The van der Waals surface area contributed by atoms with E-state index in [1.54, 1.807) is 6.07 Å². The van der Waals surface area contributed by atoms with Crippen LogP contribution < -0.4 is 10.1 Å². The molecular weight excluding hydrogens is 226 g/mol. The molecule has 16 heavy (non-hydrogen) atoms. The summed E-state index contributed by atoms with van der Waals surface area (Å²) in [5.74, 6) is 1.96. The number of halogens is 1. The topological polar surface area (TPSA) is 47.0 Å². The first kappa shape index (κ1) is 13.0. The molecule has 0 fully saturated rings. The first-order valence-electron chi connectivity index (χ1n) is 5.36. The van der Waals surface area contributed by atoms with Gasteiger partial charge in [-0.25, -0.2) is 9.97 Å². The molecule has 0 aliphatic carbocycles. The fourth-order valence-electron chi connectivity index (χ4n) is 1.28. The summed E-state index contributed by atoms with van der Waals surface area (Å²) in [6, 6.07) is 1.79. The van der Waals surface area contributed by atoms with E-state index < -0.39 is 0 Å². The Morgan fingerprint density at radius 1 is 1.44 bits per heavy atom. The zero-order valence-corrected chi connectivity index (χ0v) is 10.7. The van der Waals surface area contributed by atoms with E-state index in [0.717, 1.165) is 12.2 Å². The van der Waals surface area contributed by atoms with Crippen molar-refractivity contribution in [3.8, 4) is 5.88 Å². The van der Waals surface area contributed by atoms with Gasteiger partial charge in [0.25, 0.3) is 0 Å². The number of rotatable bonds is 6. The second-order valence-corrected chi connectivity index (χ2v) is 4.50. The van der Waals surface area contributed by atoms with Crippen molar-refractivity contribution in [2.75, 3.05) is 17.8 Å². The highest BCUT2D eigenvalue weighted by molar-refractivity contribution is 6.17. The minimum absolute atomic E-state index is 0.0837. The highest BCUT2D eigenvalue weighted by Gasteiger charge is 2.17. The van der Waals surface area contributed by atoms with Crippen molar-refractivity contribution in [1.29, 1.82) is 0 Å². The van der Waals surface area contributed by atoms with Crippen molar-refractivity contribution in [3.63, 3.8) is 0 Å². The molecule has 0 unspecified atom stereocenters. The molecule has 0 saturated carbocycles. The molecule has 0 saturated heterocycles. The zero-order chi connectivity index (χ0) is 12.0. The Hall–Kier alpha value is -1.03. The lowest BCUT2D eigenvalue weighted by Gasteiger charge is -2.25. The van der Waals surface area contributed by atoms with Crippen LogP contribution in [0.3, 0.4) is 0 Å². The zero-order valence-electron chi connectivity index (χ0n) is 9.96. The van der Waals surface area contributed by atoms with Crippen molar-refractivity contribution in [1.82, 2.24) is 9.97 Å². The van der Waals surface area contributed by atoms with Gasteiger partial charge in [-0.3, -0.25) is 0 Å². The van der Waals surface area contributed by atoms with Crippen molar-refractivity contribution < 1.29 is 4.74 Å². The van der Waals surface area contributed by atoms with E-state index in [1.165, 1.54) is 6.33 Å². The van der Waals surface area contributed by atoms with Gasteiger partial charge in [-0.05, 0) is 27.2 Å². The maximum absolute atomic E-state index is 5.74. The number of ether oxygens (including phenoxy) is 1. The van der Waals surface area contributed by atoms with Crippen molar-refractivity contribution in [2.24, 2.45) is 0 Å². The number of alkyl halides is 1. The summed E-state index contributed by atoms with van der Waals surface area (Å²) in [5.41, 5.74) is -0.0837. The minimum Gasteiger partial charge on any atom is -0.478 e. The number of nitrogens with zero attached hydrogens (tertiary/aromatic N) is 2. The molecule has 1 heterocycles. The Morgan fingerprint density at radius 2 is 2.19 bits per heavy atom. The second-order valence-electron chi connectivity index (χ2n) is 4.12. The highest BCUT2D eigenvalue weighted by Crippen LogP contribution is 2.19. The largest absolute Gasteiger partial charge is 0.478 e. The van der Waals surface area contributed by atoms with Crippen LogP contribution in [0, 0.1) is 0 Å². The average molecular weight is 244 g/mol. The molecule has 0 bridgehead atoms. The molecule has 0 atom stereocenters. The molecule has 1 aromatic rings. The van der Waals surface area contributed by atoms with Crippen LogP contribution in [0.1, 0.15) is 27.2 Å². The van der Waals surface area contributed by atoms with Gasteiger partial charge in [0, 0.05) is 17.5 Å². The molecule has 0 amide bonds. The van der Waals surface area contributed by atoms with Crippen molar-refractivity contribution in [3.05, 3.63) is 12.4 Å². The Labute approximate surface area is 101 Å². The summed E-state index contributed by atoms with van der Waals surface area (Å²) in [6.07, 6.45) is 2.35. The highest BCUT2D eigenvalue weighted by atomic mass is 35.5. The van der Waals surface area contributed by atoms with Crippen molar-refractivity contribution >= 4 is 17.4 Å². The van der Waals surface area contributed by atoms with E-state index in [1.807, 2.05) is 6.92 Å². The monoisotopic (exact) mass is 243 g/mol. The van der Waals surface area contributed by atoms with Gasteiger partial charge in [-0.15, -0.1) is 11.6 Å². The summed E-state index contributed by atoms with van der Waals surface area (Å²) in [7, 11) is 0. The SMILES string of the molecule is CCOc1cc(NC(C)(C)CCCl)ncn1. The predicted molar refractivity (Wildman–Crippen MR) is 66.2 cm³/mol. The number of hydrogen-bond acceptors (Lipinski definition) is 4. The fourth-order valence-corrected chi connectivity index (χ4v) is 1.75. The van der Waals surface area contributed by atoms with E-state index in [9.17, 15) is 0 Å². The van der Waals surface area contributed by atoms with Gasteiger partial charge in [-0.2, -0.15) is 0 Å². The maximum atomic E-state index is 5.74. The lowest BCUT2D eigenvalue weighted by molar-refractivity contribution is 0.326. The molecule has 0 aliphatic heterocycles. The molecule has 0 aliphatic rings. The van der Waals surface area contributed by atoms with E-state index in [-0.39, 0.29) is 5.54 Å². The number of nitrogens with one attached hydrogen (secondary N) is 1. The predicted octanol–water partition coefficient (Wildman–Crippen LogP) is 2.69. The van der Waals surface area contributed by atoms with Crippen LogP contribution in [0.15, 0.2) is 12.4 Å². The Balaban J connectivity index is 2.69. The normalized spacial score (nSPS) is 11.2. The molecule has 90 valence electrons. The summed E-state index contributed by atoms with van der Waals surface area (Å²) in [4.78, 5) is 8.15. The molecule has 4 nitrogen and oxygen atoms in total. The molecule has 1 rings (SSSR count). The third-order valence-electron chi connectivity index (χ3n) is 2.12. The Kier molecular flexibility index (Phi) is 4.80. The number of hydrogen-bond donors (Lipinski definition) is 1. The van der Waals surface area contributed by atoms with Gasteiger partial charge >= 0.3 is 0 Å². The summed E-state index contributed by atoms with van der Waals surface area (Å²) < 4.78 is 5.30. The standard InChI is InChI=1S/C11H18ClN3O/c1-4-16-10-7-9(13-8-14-10)15-11(2,3)5-6-12/h7-8H,4-6H2,1-3H3,(H,13,14,15). The molecule has 1 N–H and O–H groups in total. The van der Waals surface area contributed by atoms with Crippen molar-refractivity contribution in [2.45, 2.75) is 32.7 Å². The fraction of sp³-hybridized carbons (Fsp3) is 0.636. The lowest BCUT2D eigenvalue weighted by atomic mass is 10.0. The summed E-state index contributed by atoms with van der Waals surface area (Å²) in [5, 5.41) is 3.30. The van der Waals surface area contributed by atoms with Gasteiger partial charge in [0.2, 0.25) is 5.88 Å². The smallest absolute Gasteiger partial charge is 0.218 e. The van der Waals surface area contributed by atoms with Crippen LogP contribution in [-0.2, 0) is 0 Å². The van der Waals surface area contributed by atoms with E-state index in [0.29, 0.717) is 18.4 Å². The van der Waals surface area contributed by atoms with Gasteiger partial charge in [0.15, 0.2) is 0 Å². The van der Waals surface area contributed by atoms with E-state index in [4.69, 9.17) is 16.3 Å².